The zero-order chi connectivity index (χ0) is 30.7. The predicted octanol–water partition coefficient (Wildman–Crippen LogP) is 4.30. The molecule has 3 aromatic carbocycles. The number of rotatable bonds is 8. The SMILES string of the molecule is COC(=O)c1ccc(CNc2ccc3c(=O)n(-c4ccc(NC(=O)NS(=O)(=O)c5ccc(Cl)s5)cc4)c(=O)[nH]c3c2)cc1. The molecule has 2 aromatic heterocycles. The lowest BCUT2D eigenvalue weighted by atomic mass is 10.1. The summed E-state index contributed by atoms with van der Waals surface area (Å²) in [6.45, 7) is 0.432. The van der Waals surface area contributed by atoms with Crippen LogP contribution in [0.3, 0.4) is 0 Å². The normalized spacial score (nSPS) is 11.2. The van der Waals surface area contributed by atoms with Gasteiger partial charge in [-0.05, 0) is 72.3 Å². The van der Waals surface area contributed by atoms with Gasteiger partial charge in [0.15, 0.2) is 0 Å². The molecule has 0 atom stereocenters. The highest BCUT2D eigenvalue weighted by Crippen LogP contribution is 2.25. The van der Waals surface area contributed by atoms with Crippen LogP contribution in [0, 0.1) is 0 Å². The van der Waals surface area contributed by atoms with E-state index in [0.29, 0.717) is 23.3 Å². The van der Waals surface area contributed by atoms with Crippen LogP contribution < -0.4 is 26.6 Å². The average molecular weight is 640 g/mol. The molecule has 43 heavy (non-hydrogen) atoms. The quantitative estimate of drug-likeness (QED) is 0.182. The van der Waals surface area contributed by atoms with Crippen molar-refractivity contribution in [2.45, 2.75) is 10.8 Å². The van der Waals surface area contributed by atoms with Gasteiger partial charge >= 0.3 is 17.7 Å². The number of ether oxygens (including phenoxy) is 1. The van der Waals surface area contributed by atoms with E-state index in [0.717, 1.165) is 21.5 Å². The molecule has 2 heterocycles. The molecule has 0 spiro atoms. The summed E-state index contributed by atoms with van der Waals surface area (Å²) in [5.74, 6) is -0.423. The molecule has 5 rings (SSSR count). The number of anilines is 2. The summed E-state index contributed by atoms with van der Waals surface area (Å²) in [5, 5.41) is 5.88. The monoisotopic (exact) mass is 639 g/mol. The fraction of sp³-hybridized carbons (Fsp3) is 0.0714. The van der Waals surface area contributed by atoms with Gasteiger partial charge in [0.05, 0.1) is 33.6 Å². The zero-order valence-electron chi connectivity index (χ0n) is 22.2. The first kappa shape index (κ1) is 29.6. The number of carbonyl (C=O) groups is 2. The topological polar surface area (TPSA) is 168 Å². The number of amides is 2. The van der Waals surface area contributed by atoms with Crippen molar-refractivity contribution in [3.05, 3.63) is 115 Å². The number of aromatic amines is 1. The molecule has 0 bridgehead atoms. The Labute approximate surface area is 253 Å². The molecule has 0 unspecified atom stereocenters. The lowest BCUT2D eigenvalue weighted by molar-refractivity contribution is 0.0600. The summed E-state index contributed by atoms with van der Waals surface area (Å²) >= 11 is 6.57. The van der Waals surface area contributed by atoms with Gasteiger partial charge in [0.2, 0.25) is 0 Å². The number of H-pyrrole nitrogens is 1. The van der Waals surface area contributed by atoms with E-state index in [9.17, 15) is 27.6 Å². The number of esters is 1. The second kappa shape index (κ2) is 12.1. The molecule has 0 aliphatic heterocycles. The Bertz CT molecular complexity index is 2070. The zero-order valence-corrected chi connectivity index (χ0v) is 24.6. The van der Waals surface area contributed by atoms with E-state index in [1.807, 2.05) is 4.72 Å². The van der Waals surface area contributed by atoms with Crippen molar-refractivity contribution >= 4 is 67.2 Å². The van der Waals surface area contributed by atoms with Crippen molar-refractivity contribution in [2.24, 2.45) is 0 Å². The van der Waals surface area contributed by atoms with E-state index in [1.165, 1.54) is 43.5 Å². The minimum atomic E-state index is -4.11. The van der Waals surface area contributed by atoms with Crippen LogP contribution in [0.1, 0.15) is 15.9 Å². The summed E-state index contributed by atoms with van der Waals surface area (Å²) < 4.78 is 32.3. The second-order valence-electron chi connectivity index (χ2n) is 9.04. The number of aromatic nitrogens is 2. The van der Waals surface area contributed by atoms with Gasteiger partial charge in [-0.2, -0.15) is 0 Å². The molecule has 15 heteroatoms. The highest BCUT2D eigenvalue weighted by Gasteiger charge is 2.20. The van der Waals surface area contributed by atoms with Gasteiger partial charge in [-0.25, -0.2) is 32.1 Å². The first-order valence-corrected chi connectivity index (χ1v) is 15.1. The molecule has 12 nitrogen and oxygen atoms in total. The summed E-state index contributed by atoms with van der Waals surface area (Å²) in [6, 6.07) is 19.2. The molecular formula is C28H22ClN5O7S2. The first-order valence-electron chi connectivity index (χ1n) is 12.4. The molecular weight excluding hydrogens is 618 g/mol. The Morgan fingerprint density at radius 3 is 2.30 bits per heavy atom. The van der Waals surface area contributed by atoms with Crippen molar-refractivity contribution < 1.29 is 22.7 Å². The van der Waals surface area contributed by atoms with Crippen LogP contribution in [0.2, 0.25) is 4.34 Å². The third-order valence-electron chi connectivity index (χ3n) is 6.19. The smallest absolute Gasteiger partial charge is 0.337 e. The van der Waals surface area contributed by atoms with E-state index in [2.05, 4.69) is 15.6 Å². The number of hydrogen-bond acceptors (Lipinski definition) is 9. The maximum absolute atomic E-state index is 13.2. The maximum atomic E-state index is 13.2. The fourth-order valence-corrected chi connectivity index (χ4v) is 6.50. The number of sulfonamides is 1. The van der Waals surface area contributed by atoms with Crippen LogP contribution in [0.5, 0.6) is 0 Å². The number of nitrogens with zero attached hydrogens (tertiary/aromatic N) is 1. The minimum Gasteiger partial charge on any atom is -0.465 e. The number of nitrogens with one attached hydrogen (secondary N) is 4. The van der Waals surface area contributed by atoms with Crippen LogP contribution in [-0.4, -0.2) is 37.1 Å². The van der Waals surface area contributed by atoms with Gasteiger partial charge in [0.1, 0.15) is 4.21 Å². The standard InChI is InChI=1S/C28H22ClN5O7S2/c1-41-26(36)17-4-2-16(3-5-17)15-30-19-8-11-21-22(14-19)32-28(38)34(25(21)35)20-9-6-18(7-10-20)31-27(37)33-43(39,40)24-13-12-23(29)42-24/h2-14,30H,15H2,1H3,(H,32,38)(H2,31,33,37). The number of fused-ring (bicyclic) bond motifs is 1. The number of carbonyl (C=O) groups excluding carboxylic acids is 2. The molecule has 2 amide bonds. The van der Waals surface area contributed by atoms with Gasteiger partial charge < -0.3 is 20.4 Å². The highest BCUT2D eigenvalue weighted by molar-refractivity contribution is 7.92. The summed E-state index contributed by atoms with van der Waals surface area (Å²) in [4.78, 5) is 52.7. The Morgan fingerprint density at radius 1 is 0.953 bits per heavy atom. The highest BCUT2D eigenvalue weighted by atomic mass is 35.5. The van der Waals surface area contributed by atoms with Crippen LogP contribution >= 0.6 is 22.9 Å². The summed E-state index contributed by atoms with van der Waals surface area (Å²) in [5.41, 5.74) is 1.57. The average Bonchev–Trinajstić information content (AvgIpc) is 3.43. The lowest BCUT2D eigenvalue weighted by Gasteiger charge is -2.11. The molecule has 0 fully saturated rings. The number of methoxy groups -OCH3 is 1. The van der Waals surface area contributed by atoms with Crippen molar-refractivity contribution in [3.8, 4) is 5.69 Å². The third kappa shape index (κ3) is 6.61. The largest absolute Gasteiger partial charge is 0.465 e. The number of thiophene rings is 1. The van der Waals surface area contributed by atoms with Crippen LogP contribution in [0.25, 0.3) is 16.6 Å². The van der Waals surface area contributed by atoms with E-state index in [-0.39, 0.29) is 25.3 Å². The molecule has 0 saturated carbocycles. The van der Waals surface area contributed by atoms with Gasteiger partial charge in [-0.3, -0.25) is 4.79 Å². The van der Waals surface area contributed by atoms with E-state index in [4.69, 9.17) is 16.3 Å². The Kier molecular flexibility index (Phi) is 8.34. The Morgan fingerprint density at radius 2 is 1.65 bits per heavy atom. The third-order valence-corrected chi connectivity index (χ3v) is 9.25. The van der Waals surface area contributed by atoms with Crippen LogP contribution in [0.4, 0.5) is 16.2 Å². The van der Waals surface area contributed by atoms with Gasteiger partial charge in [-0.15, -0.1) is 11.3 Å². The van der Waals surface area contributed by atoms with Crippen molar-refractivity contribution in [1.29, 1.82) is 0 Å². The molecule has 0 saturated heterocycles. The fourth-order valence-electron chi connectivity index (χ4n) is 4.11. The lowest BCUT2D eigenvalue weighted by Crippen LogP contribution is -2.34. The van der Waals surface area contributed by atoms with E-state index < -0.39 is 33.3 Å². The molecule has 0 aliphatic rings. The molecule has 0 aliphatic carbocycles. The van der Waals surface area contributed by atoms with Crippen molar-refractivity contribution in [2.75, 3.05) is 17.7 Å². The Hall–Kier alpha value is -4.92. The van der Waals surface area contributed by atoms with Crippen molar-refractivity contribution in [1.82, 2.24) is 14.3 Å². The first-order chi connectivity index (χ1) is 20.5. The van der Waals surface area contributed by atoms with Gasteiger partial charge in [0, 0.05) is 17.9 Å². The predicted molar refractivity (Wildman–Crippen MR) is 164 cm³/mol. The van der Waals surface area contributed by atoms with Gasteiger partial charge in [0.25, 0.3) is 15.6 Å². The molecule has 4 N–H and O–H groups in total. The van der Waals surface area contributed by atoms with Crippen LogP contribution in [-0.2, 0) is 21.3 Å². The molecule has 220 valence electrons. The van der Waals surface area contributed by atoms with Gasteiger partial charge in [-0.1, -0.05) is 23.7 Å². The maximum Gasteiger partial charge on any atom is 0.337 e. The van der Waals surface area contributed by atoms with E-state index in [1.54, 1.807) is 42.5 Å². The number of benzene rings is 3. The summed E-state index contributed by atoms with van der Waals surface area (Å²) in [7, 11) is -2.79. The second-order valence-corrected chi connectivity index (χ2v) is 12.7. The number of hydrogen-bond donors (Lipinski definition) is 4. The Balaban J connectivity index is 1.29. The minimum absolute atomic E-state index is 0.118. The number of urea groups is 1. The number of halogens is 1. The molecule has 5 aromatic rings. The van der Waals surface area contributed by atoms with E-state index >= 15 is 0 Å². The van der Waals surface area contributed by atoms with Crippen molar-refractivity contribution in [3.63, 3.8) is 0 Å². The van der Waals surface area contributed by atoms with Crippen LogP contribution in [0.15, 0.2) is 92.7 Å². The summed E-state index contributed by atoms with van der Waals surface area (Å²) in [6.07, 6.45) is 0. The molecule has 0 radical (unpaired) electrons.